The lowest BCUT2D eigenvalue weighted by Gasteiger charge is -2.21. The molecule has 0 radical (unpaired) electrons. The average molecular weight is 291 g/mol. The highest BCUT2D eigenvalue weighted by Gasteiger charge is 2.22. The van der Waals surface area contributed by atoms with E-state index in [1.807, 2.05) is 6.92 Å². The van der Waals surface area contributed by atoms with Crippen molar-refractivity contribution < 1.29 is 14.3 Å². The Morgan fingerprint density at radius 3 is 2.76 bits per heavy atom. The summed E-state index contributed by atoms with van der Waals surface area (Å²) in [7, 11) is 0. The molecule has 2 amide bonds. The summed E-state index contributed by atoms with van der Waals surface area (Å²) in [5, 5.41) is 2.83. The maximum atomic E-state index is 11.8. The molecule has 1 aliphatic rings. The van der Waals surface area contributed by atoms with Crippen molar-refractivity contribution in [2.75, 3.05) is 25.4 Å². The van der Waals surface area contributed by atoms with E-state index in [-0.39, 0.29) is 24.5 Å². The smallest absolute Gasteiger partial charge is 0.258 e. The highest BCUT2D eigenvalue weighted by molar-refractivity contribution is 5.79. The van der Waals surface area contributed by atoms with Gasteiger partial charge in [0.1, 0.15) is 5.75 Å². The number of carbonyl (C=O) groups is 2. The van der Waals surface area contributed by atoms with Gasteiger partial charge >= 0.3 is 0 Å². The zero-order valence-electron chi connectivity index (χ0n) is 12.2. The summed E-state index contributed by atoms with van der Waals surface area (Å²) in [4.78, 5) is 25.1. The minimum Gasteiger partial charge on any atom is -0.484 e. The zero-order chi connectivity index (χ0) is 15.2. The molecule has 6 heteroatoms. The number of anilines is 1. The number of hydrogen-bond acceptors (Lipinski definition) is 4. The third-order valence-electron chi connectivity index (χ3n) is 3.32. The van der Waals surface area contributed by atoms with Crippen molar-refractivity contribution in [1.82, 2.24) is 10.2 Å². The van der Waals surface area contributed by atoms with Crippen LogP contribution in [0.15, 0.2) is 24.3 Å². The fourth-order valence-corrected chi connectivity index (χ4v) is 2.30. The Kier molecular flexibility index (Phi) is 5.03. The molecular weight excluding hydrogens is 270 g/mol. The predicted molar refractivity (Wildman–Crippen MR) is 79.8 cm³/mol. The quantitative estimate of drug-likeness (QED) is 0.758. The number of hydrogen-bond donors (Lipinski definition) is 2. The van der Waals surface area contributed by atoms with Crippen molar-refractivity contribution in [3.05, 3.63) is 24.3 Å². The van der Waals surface area contributed by atoms with Gasteiger partial charge in [0.2, 0.25) is 5.91 Å². The molecule has 1 atom stereocenters. The maximum absolute atomic E-state index is 11.8. The molecular formula is C15H21N3O3. The molecule has 3 N–H and O–H groups in total. The molecule has 114 valence electrons. The van der Waals surface area contributed by atoms with Crippen molar-refractivity contribution >= 4 is 17.5 Å². The number of ether oxygens (including phenoxy) is 1. The number of amides is 2. The van der Waals surface area contributed by atoms with Crippen LogP contribution in [-0.4, -0.2) is 42.5 Å². The summed E-state index contributed by atoms with van der Waals surface area (Å²) in [6.07, 6.45) is 1.51. The van der Waals surface area contributed by atoms with Crippen LogP contribution in [0.5, 0.6) is 5.75 Å². The van der Waals surface area contributed by atoms with Crippen LogP contribution in [0.4, 0.5) is 5.69 Å². The van der Waals surface area contributed by atoms with Crippen LogP contribution in [-0.2, 0) is 9.59 Å². The lowest BCUT2D eigenvalue weighted by molar-refractivity contribution is -0.129. The Bertz CT molecular complexity index is 501. The number of carbonyl (C=O) groups excluding carboxylic acids is 2. The maximum Gasteiger partial charge on any atom is 0.258 e. The van der Waals surface area contributed by atoms with E-state index in [4.69, 9.17) is 10.5 Å². The first kappa shape index (κ1) is 15.2. The van der Waals surface area contributed by atoms with E-state index in [0.29, 0.717) is 24.4 Å². The van der Waals surface area contributed by atoms with Gasteiger partial charge < -0.3 is 20.7 Å². The minimum absolute atomic E-state index is 0.0534. The summed E-state index contributed by atoms with van der Waals surface area (Å²) < 4.78 is 5.37. The van der Waals surface area contributed by atoms with Crippen LogP contribution < -0.4 is 15.8 Å². The van der Waals surface area contributed by atoms with Gasteiger partial charge in [-0.3, -0.25) is 9.59 Å². The Morgan fingerprint density at radius 2 is 2.14 bits per heavy atom. The number of nitrogens with zero attached hydrogens (tertiary/aromatic N) is 1. The van der Waals surface area contributed by atoms with Gasteiger partial charge in [0.15, 0.2) is 6.61 Å². The van der Waals surface area contributed by atoms with Crippen molar-refractivity contribution in [2.45, 2.75) is 25.8 Å². The molecule has 6 nitrogen and oxygen atoms in total. The first-order valence-corrected chi connectivity index (χ1v) is 7.10. The zero-order valence-corrected chi connectivity index (χ0v) is 12.2. The molecule has 0 aromatic heterocycles. The molecule has 1 unspecified atom stereocenters. The summed E-state index contributed by atoms with van der Waals surface area (Å²) in [6.45, 7) is 3.16. The lowest BCUT2D eigenvalue weighted by atomic mass is 10.3. The van der Waals surface area contributed by atoms with Crippen LogP contribution in [0.1, 0.15) is 19.8 Å². The monoisotopic (exact) mass is 291 g/mol. The Hall–Kier alpha value is -2.24. The SMILES string of the molecule is CC(CN1CCCC1=O)NC(=O)COc1ccc(N)cc1. The molecule has 1 aromatic carbocycles. The molecule has 0 spiro atoms. The summed E-state index contributed by atoms with van der Waals surface area (Å²) >= 11 is 0. The molecule has 1 aromatic rings. The normalized spacial score (nSPS) is 15.9. The fourth-order valence-electron chi connectivity index (χ4n) is 2.30. The summed E-state index contributed by atoms with van der Waals surface area (Å²) in [5.41, 5.74) is 6.22. The topological polar surface area (TPSA) is 84.7 Å². The molecule has 21 heavy (non-hydrogen) atoms. The van der Waals surface area contributed by atoms with Crippen LogP contribution in [0.2, 0.25) is 0 Å². The van der Waals surface area contributed by atoms with E-state index in [1.54, 1.807) is 29.2 Å². The van der Waals surface area contributed by atoms with Crippen LogP contribution in [0.25, 0.3) is 0 Å². The molecule has 1 saturated heterocycles. The number of nitrogens with two attached hydrogens (primary N) is 1. The number of rotatable bonds is 6. The first-order chi connectivity index (χ1) is 10.0. The second-order valence-corrected chi connectivity index (χ2v) is 5.27. The van der Waals surface area contributed by atoms with Gasteiger partial charge in [-0.1, -0.05) is 0 Å². The van der Waals surface area contributed by atoms with Gasteiger partial charge in [-0.25, -0.2) is 0 Å². The first-order valence-electron chi connectivity index (χ1n) is 7.10. The predicted octanol–water partition coefficient (Wildman–Crippen LogP) is 0.775. The molecule has 2 rings (SSSR count). The van der Waals surface area contributed by atoms with Gasteiger partial charge in [-0.2, -0.15) is 0 Å². The number of benzene rings is 1. The van der Waals surface area contributed by atoms with Crippen molar-refractivity contribution in [3.63, 3.8) is 0 Å². The van der Waals surface area contributed by atoms with Crippen molar-refractivity contribution in [3.8, 4) is 5.75 Å². The minimum atomic E-state index is -0.203. The Balaban J connectivity index is 1.71. The fraction of sp³-hybridized carbons (Fsp3) is 0.467. The third kappa shape index (κ3) is 4.66. The molecule has 1 heterocycles. The number of likely N-dealkylation sites (tertiary alicyclic amines) is 1. The van der Waals surface area contributed by atoms with E-state index >= 15 is 0 Å². The second-order valence-electron chi connectivity index (χ2n) is 5.27. The molecule has 0 bridgehead atoms. The van der Waals surface area contributed by atoms with Gasteiger partial charge in [0.05, 0.1) is 0 Å². The van der Waals surface area contributed by atoms with Gasteiger partial charge in [-0.05, 0) is 37.6 Å². The highest BCUT2D eigenvalue weighted by Crippen LogP contribution is 2.13. The van der Waals surface area contributed by atoms with E-state index in [1.165, 1.54) is 0 Å². The van der Waals surface area contributed by atoms with Gasteiger partial charge in [0.25, 0.3) is 5.91 Å². The summed E-state index contributed by atoms with van der Waals surface area (Å²) in [6, 6.07) is 6.78. The number of nitrogen functional groups attached to an aromatic ring is 1. The third-order valence-corrected chi connectivity index (χ3v) is 3.32. The molecule has 0 aliphatic carbocycles. The largest absolute Gasteiger partial charge is 0.484 e. The summed E-state index contributed by atoms with van der Waals surface area (Å²) in [5.74, 6) is 0.557. The van der Waals surface area contributed by atoms with Crippen molar-refractivity contribution in [2.24, 2.45) is 0 Å². The second kappa shape index (κ2) is 6.97. The highest BCUT2D eigenvalue weighted by atomic mass is 16.5. The Labute approximate surface area is 124 Å². The van der Waals surface area contributed by atoms with E-state index in [2.05, 4.69) is 5.32 Å². The number of nitrogens with one attached hydrogen (secondary N) is 1. The van der Waals surface area contributed by atoms with Gasteiger partial charge in [0, 0.05) is 31.2 Å². The average Bonchev–Trinajstić information content (AvgIpc) is 2.83. The van der Waals surface area contributed by atoms with Crippen molar-refractivity contribution in [1.29, 1.82) is 0 Å². The molecule has 1 fully saturated rings. The van der Waals surface area contributed by atoms with E-state index in [0.717, 1.165) is 13.0 Å². The van der Waals surface area contributed by atoms with Crippen LogP contribution in [0.3, 0.4) is 0 Å². The van der Waals surface area contributed by atoms with Crippen LogP contribution in [0, 0.1) is 0 Å². The van der Waals surface area contributed by atoms with E-state index < -0.39 is 0 Å². The lowest BCUT2D eigenvalue weighted by Crippen LogP contribution is -2.44. The molecule has 1 aliphatic heterocycles. The van der Waals surface area contributed by atoms with E-state index in [9.17, 15) is 9.59 Å². The van der Waals surface area contributed by atoms with Gasteiger partial charge in [-0.15, -0.1) is 0 Å². The molecule has 0 saturated carbocycles. The van der Waals surface area contributed by atoms with Crippen LogP contribution >= 0.6 is 0 Å². The standard InChI is InChI=1S/C15H21N3O3/c1-11(9-18-8-2-3-15(18)20)17-14(19)10-21-13-6-4-12(16)5-7-13/h4-7,11H,2-3,8-10,16H2,1H3,(H,17,19). The Morgan fingerprint density at radius 1 is 1.43 bits per heavy atom.